The number of aryl methyl sites for hydroxylation is 2. The molecule has 3 rings (SSSR count). The molecular formula is C16H20N4O3. The largest absolute Gasteiger partial charge is 0.365 e. The van der Waals surface area contributed by atoms with Crippen LogP contribution in [0, 0.1) is 13.8 Å². The third-order valence-electron chi connectivity index (χ3n) is 4.39. The van der Waals surface area contributed by atoms with Crippen LogP contribution in [-0.4, -0.2) is 27.5 Å². The molecule has 0 bridgehead atoms. The molecule has 0 saturated carbocycles. The van der Waals surface area contributed by atoms with Gasteiger partial charge in [0.15, 0.2) is 0 Å². The van der Waals surface area contributed by atoms with Gasteiger partial charge in [-0.1, -0.05) is 5.16 Å². The summed E-state index contributed by atoms with van der Waals surface area (Å²) in [4.78, 5) is 28.0. The number of aromatic amines is 1. The van der Waals surface area contributed by atoms with Crippen molar-refractivity contribution in [1.29, 1.82) is 0 Å². The summed E-state index contributed by atoms with van der Waals surface area (Å²) in [7, 11) is 0. The Balaban J connectivity index is 1.83. The van der Waals surface area contributed by atoms with E-state index in [1.807, 2.05) is 13.8 Å². The van der Waals surface area contributed by atoms with Crippen LogP contribution in [0.25, 0.3) is 0 Å². The van der Waals surface area contributed by atoms with Crippen molar-refractivity contribution in [3.63, 3.8) is 0 Å². The monoisotopic (exact) mass is 316 g/mol. The maximum absolute atomic E-state index is 11.9. The van der Waals surface area contributed by atoms with Crippen molar-refractivity contribution in [3.8, 4) is 0 Å². The van der Waals surface area contributed by atoms with E-state index < -0.39 is 11.5 Å². The summed E-state index contributed by atoms with van der Waals surface area (Å²) >= 11 is 0. The molecule has 0 radical (unpaired) electrons. The second-order valence-electron chi connectivity index (χ2n) is 5.96. The molecule has 2 aromatic heterocycles. The van der Waals surface area contributed by atoms with Gasteiger partial charge < -0.3 is 15.2 Å². The first-order valence-electron chi connectivity index (χ1n) is 7.66. The second kappa shape index (κ2) is 6.00. The average Bonchev–Trinajstić information content (AvgIpc) is 3.05. The number of amides is 1. The van der Waals surface area contributed by atoms with Gasteiger partial charge in [-0.2, -0.15) is 0 Å². The fraction of sp³-hybridized carbons (Fsp3) is 0.438. The highest BCUT2D eigenvalue weighted by Crippen LogP contribution is 2.36. The van der Waals surface area contributed by atoms with E-state index in [0.29, 0.717) is 6.54 Å². The lowest BCUT2D eigenvalue weighted by atomic mass is 10.0. The van der Waals surface area contributed by atoms with Gasteiger partial charge in [-0.25, -0.2) is 0 Å². The zero-order valence-electron chi connectivity index (χ0n) is 13.3. The molecule has 2 aromatic rings. The van der Waals surface area contributed by atoms with Crippen molar-refractivity contribution in [2.45, 2.75) is 39.3 Å². The number of carbonyl (C=O) groups excluding carboxylic acids is 1. The summed E-state index contributed by atoms with van der Waals surface area (Å²) in [5.74, 6) is 0.129. The molecule has 0 unspecified atom stereocenters. The van der Waals surface area contributed by atoms with E-state index in [4.69, 9.17) is 10.3 Å². The molecular weight excluding hydrogens is 296 g/mol. The summed E-state index contributed by atoms with van der Waals surface area (Å²) in [6, 6.07) is 3.46. The molecule has 23 heavy (non-hydrogen) atoms. The SMILES string of the molecule is Cc1noc(C)c1[C@@H]1CCCN1Cc1ccc(C(N)=O)c(=O)[nH]1. The number of hydrogen-bond donors (Lipinski definition) is 2. The molecule has 1 aliphatic heterocycles. The standard InChI is InChI=1S/C16H20N4O3/c1-9-14(10(2)23-19-9)13-4-3-7-20(13)8-11-5-6-12(15(17)21)16(22)18-11/h5-6,13H,3-4,7-8H2,1-2H3,(H2,17,21)(H,18,22)/t13-/m0/s1. The lowest BCUT2D eigenvalue weighted by Gasteiger charge is -2.24. The molecule has 0 spiro atoms. The molecule has 3 N–H and O–H groups in total. The first-order valence-corrected chi connectivity index (χ1v) is 7.66. The van der Waals surface area contributed by atoms with Gasteiger partial charge in [-0.15, -0.1) is 0 Å². The third kappa shape index (κ3) is 2.92. The number of aromatic nitrogens is 2. The summed E-state index contributed by atoms with van der Waals surface area (Å²) in [5, 5.41) is 4.04. The van der Waals surface area contributed by atoms with Crippen LogP contribution in [0.5, 0.6) is 0 Å². The number of primary amides is 1. The minimum Gasteiger partial charge on any atom is -0.365 e. The Kier molecular flexibility index (Phi) is 4.04. The van der Waals surface area contributed by atoms with Crippen LogP contribution < -0.4 is 11.3 Å². The van der Waals surface area contributed by atoms with E-state index in [1.165, 1.54) is 6.07 Å². The number of carbonyl (C=O) groups is 1. The van der Waals surface area contributed by atoms with Crippen LogP contribution in [0.3, 0.4) is 0 Å². The van der Waals surface area contributed by atoms with Gasteiger partial charge in [0.05, 0.1) is 5.69 Å². The predicted octanol–water partition coefficient (Wildman–Crippen LogP) is 1.42. The van der Waals surface area contributed by atoms with E-state index in [2.05, 4.69) is 15.0 Å². The van der Waals surface area contributed by atoms with E-state index in [-0.39, 0.29) is 11.6 Å². The van der Waals surface area contributed by atoms with Gasteiger partial charge in [-0.3, -0.25) is 14.5 Å². The van der Waals surface area contributed by atoms with Gasteiger partial charge in [0, 0.05) is 23.8 Å². The average molecular weight is 316 g/mol. The van der Waals surface area contributed by atoms with E-state index in [9.17, 15) is 9.59 Å². The van der Waals surface area contributed by atoms with Crippen molar-refractivity contribution >= 4 is 5.91 Å². The zero-order valence-corrected chi connectivity index (χ0v) is 13.3. The molecule has 1 atom stereocenters. The summed E-state index contributed by atoms with van der Waals surface area (Å²) < 4.78 is 5.28. The topological polar surface area (TPSA) is 105 Å². The Morgan fingerprint density at radius 1 is 1.48 bits per heavy atom. The number of nitrogens with zero attached hydrogens (tertiary/aromatic N) is 2. The molecule has 1 fully saturated rings. The van der Waals surface area contributed by atoms with E-state index >= 15 is 0 Å². The molecule has 1 aliphatic rings. The third-order valence-corrected chi connectivity index (χ3v) is 4.39. The van der Waals surface area contributed by atoms with Crippen LogP contribution in [0.1, 0.15) is 52.0 Å². The number of nitrogens with two attached hydrogens (primary N) is 1. The molecule has 7 heteroatoms. The van der Waals surface area contributed by atoms with Gasteiger partial charge in [0.25, 0.3) is 11.5 Å². The summed E-state index contributed by atoms with van der Waals surface area (Å²) in [6.07, 6.45) is 2.12. The molecule has 0 aliphatic carbocycles. The maximum atomic E-state index is 11.9. The van der Waals surface area contributed by atoms with Gasteiger partial charge in [0.1, 0.15) is 11.3 Å². The minimum atomic E-state index is -0.715. The lowest BCUT2D eigenvalue weighted by molar-refractivity contribution is 0.0998. The first-order chi connectivity index (χ1) is 11.0. The van der Waals surface area contributed by atoms with Crippen molar-refractivity contribution in [2.75, 3.05) is 6.54 Å². The normalized spacial score (nSPS) is 18.4. The fourth-order valence-electron chi connectivity index (χ4n) is 3.33. The Labute approximate surface area is 133 Å². The van der Waals surface area contributed by atoms with Crippen molar-refractivity contribution in [2.24, 2.45) is 5.73 Å². The zero-order chi connectivity index (χ0) is 16.6. The lowest BCUT2D eigenvalue weighted by Crippen LogP contribution is -2.28. The van der Waals surface area contributed by atoms with Crippen LogP contribution in [-0.2, 0) is 6.54 Å². The van der Waals surface area contributed by atoms with Crippen LogP contribution in [0.2, 0.25) is 0 Å². The van der Waals surface area contributed by atoms with Crippen molar-refractivity contribution in [1.82, 2.24) is 15.0 Å². The number of likely N-dealkylation sites (tertiary alicyclic amines) is 1. The number of rotatable bonds is 4. The van der Waals surface area contributed by atoms with E-state index in [1.54, 1.807) is 6.07 Å². The van der Waals surface area contributed by atoms with Gasteiger partial charge in [0.2, 0.25) is 0 Å². The van der Waals surface area contributed by atoms with Crippen LogP contribution in [0.15, 0.2) is 21.5 Å². The molecule has 0 aromatic carbocycles. The Bertz CT molecular complexity index is 773. The van der Waals surface area contributed by atoms with Crippen molar-refractivity contribution in [3.05, 3.63) is 50.8 Å². The first kappa shape index (κ1) is 15.5. The number of nitrogens with one attached hydrogen (secondary N) is 1. The molecule has 3 heterocycles. The maximum Gasteiger partial charge on any atom is 0.261 e. The van der Waals surface area contributed by atoms with Crippen LogP contribution in [0.4, 0.5) is 0 Å². The fourth-order valence-corrected chi connectivity index (χ4v) is 3.33. The predicted molar refractivity (Wildman–Crippen MR) is 83.9 cm³/mol. The second-order valence-corrected chi connectivity index (χ2v) is 5.96. The van der Waals surface area contributed by atoms with E-state index in [0.717, 1.165) is 42.1 Å². The van der Waals surface area contributed by atoms with Gasteiger partial charge >= 0.3 is 0 Å². The number of H-pyrrole nitrogens is 1. The molecule has 122 valence electrons. The quantitative estimate of drug-likeness (QED) is 0.887. The van der Waals surface area contributed by atoms with Gasteiger partial charge in [-0.05, 0) is 45.4 Å². The highest BCUT2D eigenvalue weighted by molar-refractivity contribution is 5.92. The minimum absolute atomic E-state index is 0.0163. The molecule has 1 amide bonds. The Hall–Kier alpha value is -2.41. The molecule has 1 saturated heterocycles. The summed E-state index contributed by atoms with van der Waals surface area (Å²) in [6.45, 7) is 5.42. The van der Waals surface area contributed by atoms with Crippen LogP contribution >= 0.6 is 0 Å². The molecule has 7 nitrogen and oxygen atoms in total. The smallest absolute Gasteiger partial charge is 0.261 e. The van der Waals surface area contributed by atoms with Crippen molar-refractivity contribution < 1.29 is 9.32 Å². The summed E-state index contributed by atoms with van der Waals surface area (Å²) in [5.41, 5.74) is 7.52. The Morgan fingerprint density at radius 3 is 2.87 bits per heavy atom. The number of hydrogen-bond acceptors (Lipinski definition) is 5. The highest BCUT2D eigenvalue weighted by Gasteiger charge is 2.30. The highest BCUT2D eigenvalue weighted by atomic mass is 16.5. The number of pyridine rings is 1. The Morgan fingerprint density at radius 2 is 2.26 bits per heavy atom.